The highest BCUT2D eigenvalue weighted by Crippen LogP contribution is 2.46. The van der Waals surface area contributed by atoms with Crippen LogP contribution < -0.4 is 10.6 Å². The van der Waals surface area contributed by atoms with E-state index in [0.717, 1.165) is 29.0 Å². The first kappa shape index (κ1) is 23.8. The third-order valence-corrected chi connectivity index (χ3v) is 6.34. The van der Waals surface area contributed by atoms with Gasteiger partial charge in [-0.2, -0.15) is 13.2 Å². The highest BCUT2D eigenvalue weighted by Gasteiger charge is 2.42. The number of ketones is 1. The molecule has 34 heavy (non-hydrogen) atoms. The summed E-state index contributed by atoms with van der Waals surface area (Å²) < 4.78 is 39.5. The highest BCUT2D eigenvalue weighted by atomic mass is 19.4. The Morgan fingerprint density at radius 3 is 2.38 bits per heavy atom. The largest absolute Gasteiger partial charge is 0.416 e. The quantitative estimate of drug-likeness (QED) is 0.559. The summed E-state index contributed by atoms with van der Waals surface area (Å²) in [5.41, 5.74) is 3.09. The third-order valence-electron chi connectivity index (χ3n) is 6.34. The lowest BCUT2D eigenvalue weighted by Gasteiger charge is -2.39. The number of carbonyl (C=O) groups excluding carboxylic acids is 2. The highest BCUT2D eigenvalue weighted by molar-refractivity contribution is 6.10. The molecule has 0 saturated carbocycles. The number of hydrogen-bond donors (Lipinski definition) is 2. The fourth-order valence-electron chi connectivity index (χ4n) is 4.80. The SMILES string of the molecule is CC1=C(C(=O)Nc2cccc(C(F)(F)F)c2)C(c2ccc(C)cc2)C2=C(CC(C)(C)CC2=O)N1. The summed E-state index contributed by atoms with van der Waals surface area (Å²) in [6, 6.07) is 12.2. The van der Waals surface area contributed by atoms with E-state index in [4.69, 9.17) is 0 Å². The number of alkyl halides is 3. The molecule has 0 fully saturated rings. The minimum Gasteiger partial charge on any atom is -0.362 e. The van der Waals surface area contributed by atoms with Crippen LogP contribution in [-0.4, -0.2) is 11.7 Å². The van der Waals surface area contributed by atoms with Crippen molar-refractivity contribution in [2.75, 3.05) is 5.32 Å². The maximum Gasteiger partial charge on any atom is 0.416 e. The minimum atomic E-state index is -4.52. The number of carbonyl (C=O) groups is 2. The summed E-state index contributed by atoms with van der Waals surface area (Å²) in [5.74, 6) is -1.17. The molecule has 1 heterocycles. The smallest absolute Gasteiger partial charge is 0.362 e. The maximum absolute atomic E-state index is 13.5. The van der Waals surface area contributed by atoms with Gasteiger partial charge in [0.1, 0.15) is 0 Å². The monoisotopic (exact) mass is 468 g/mol. The average molecular weight is 469 g/mol. The van der Waals surface area contributed by atoms with Gasteiger partial charge in [-0.15, -0.1) is 0 Å². The summed E-state index contributed by atoms with van der Waals surface area (Å²) in [6.07, 6.45) is -3.50. The Bertz CT molecular complexity index is 1220. The molecular weight excluding hydrogens is 441 g/mol. The van der Waals surface area contributed by atoms with Gasteiger partial charge in [-0.1, -0.05) is 49.7 Å². The average Bonchev–Trinajstić information content (AvgIpc) is 2.72. The standard InChI is InChI=1S/C27H27F3N2O2/c1-15-8-10-17(11-9-15)23-22(16(2)31-20-13-26(3,4)14-21(33)24(20)23)25(34)32-19-7-5-6-18(12-19)27(28,29)30/h5-12,23,31H,13-14H2,1-4H3,(H,32,34). The number of aryl methyl sites for hydroxylation is 1. The van der Waals surface area contributed by atoms with E-state index in [2.05, 4.69) is 10.6 Å². The van der Waals surface area contributed by atoms with Gasteiger partial charge in [-0.3, -0.25) is 9.59 Å². The fraction of sp³-hybridized carbons (Fsp3) is 0.333. The molecule has 2 N–H and O–H groups in total. The van der Waals surface area contributed by atoms with Gasteiger partial charge in [-0.05, 0) is 49.4 Å². The second-order valence-corrected chi connectivity index (χ2v) is 9.87. The number of nitrogens with one attached hydrogen (secondary N) is 2. The van der Waals surface area contributed by atoms with Crippen LogP contribution in [0.15, 0.2) is 71.1 Å². The molecule has 2 aromatic rings. The molecule has 2 aliphatic rings. The van der Waals surface area contributed by atoms with Crippen molar-refractivity contribution in [1.82, 2.24) is 5.32 Å². The molecule has 2 aromatic carbocycles. The molecule has 1 aliphatic carbocycles. The number of Topliss-reactive ketones (excluding diaryl/α,β-unsaturated/α-hetero) is 1. The molecule has 7 heteroatoms. The Balaban J connectivity index is 1.77. The van der Waals surface area contributed by atoms with Gasteiger partial charge in [0.2, 0.25) is 0 Å². The van der Waals surface area contributed by atoms with Crippen LogP contribution in [0.2, 0.25) is 0 Å². The van der Waals surface area contributed by atoms with Gasteiger partial charge in [0, 0.05) is 40.6 Å². The van der Waals surface area contributed by atoms with Crippen LogP contribution in [0, 0.1) is 12.3 Å². The van der Waals surface area contributed by atoms with Gasteiger partial charge >= 0.3 is 6.18 Å². The van der Waals surface area contributed by atoms with Crippen molar-refractivity contribution in [3.05, 3.63) is 87.8 Å². The summed E-state index contributed by atoms with van der Waals surface area (Å²) in [6.45, 7) is 7.78. The van der Waals surface area contributed by atoms with E-state index in [9.17, 15) is 22.8 Å². The van der Waals surface area contributed by atoms with Gasteiger partial charge in [0.05, 0.1) is 5.56 Å². The van der Waals surface area contributed by atoms with Crippen LogP contribution in [0.1, 0.15) is 56.2 Å². The van der Waals surface area contributed by atoms with Crippen LogP contribution in [0.4, 0.5) is 18.9 Å². The summed E-state index contributed by atoms with van der Waals surface area (Å²) in [4.78, 5) is 26.8. The van der Waals surface area contributed by atoms with Crippen molar-refractivity contribution < 1.29 is 22.8 Å². The van der Waals surface area contributed by atoms with E-state index in [0.29, 0.717) is 29.7 Å². The molecule has 1 amide bonds. The van der Waals surface area contributed by atoms with Crippen LogP contribution in [0.5, 0.6) is 0 Å². The molecule has 0 bridgehead atoms. The first-order chi connectivity index (χ1) is 15.9. The lowest BCUT2D eigenvalue weighted by atomic mass is 9.68. The topological polar surface area (TPSA) is 58.2 Å². The molecule has 0 radical (unpaired) electrons. The molecule has 1 unspecified atom stereocenters. The molecule has 0 spiro atoms. The normalized spacial score (nSPS) is 20.1. The lowest BCUT2D eigenvalue weighted by molar-refractivity contribution is -0.137. The van der Waals surface area contributed by atoms with Crippen molar-refractivity contribution in [3.63, 3.8) is 0 Å². The molecule has 4 rings (SSSR count). The van der Waals surface area contributed by atoms with E-state index in [1.54, 1.807) is 6.92 Å². The predicted molar refractivity (Wildman–Crippen MR) is 125 cm³/mol. The van der Waals surface area contributed by atoms with Crippen molar-refractivity contribution in [2.24, 2.45) is 5.41 Å². The Hall–Kier alpha value is -3.35. The molecule has 178 valence electrons. The van der Waals surface area contributed by atoms with E-state index < -0.39 is 23.6 Å². The zero-order valence-corrected chi connectivity index (χ0v) is 19.6. The van der Waals surface area contributed by atoms with Crippen molar-refractivity contribution in [1.29, 1.82) is 0 Å². The van der Waals surface area contributed by atoms with Crippen molar-refractivity contribution in [2.45, 2.75) is 52.6 Å². The number of rotatable bonds is 3. The Morgan fingerprint density at radius 2 is 1.74 bits per heavy atom. The Morgan fingerprint density at radius 1 is 1.06 bits per heavy atom. The van der Waals surface area contributed by atoms with Crippen molar-refractivity contribution >= 4 is 17.4 Å². The number of halogens is 3. The minimum absolute atomic E-state index is 0.0267. The van der Waals surface area contributed by atoms with E-state index in [1.165, 1.54) is 12.1 Å². The number of allylic oxidation sites excluding steroid dienone is 3. The summed E-state index contributed by atoms with van der Waals surface area (Å²) in [5, 5.41) is 5.89. The molecular formula is C27H27F3N2O2. The van der Waals surface area contributed by atoms with Gasteiger partial charge in [0.15, 0.2) is 5.78 Å². The number of dihydropyridines is 1. The van der Waals surface area contributed by atoms with Gasteiger partial charge in [0.25, 0.3) is 5.91 Å². The molecule has 0 aromatic heterocycles. The zero-order valence-electron chi connectivity index (χ0n) is 19.6. The van der Waals surface area contributed by atoms with Crippen molar-refractivity contribution in [3.8, 4) is 0 Å². The summed E-state index contributed by atoms with van der Waals surface area (Å²) in [7, 11) is 0. The van der Waals surface area contributed by atoms with E-state index in [-0.39, 0.29) is 16.9 Å². The predicted octanol–water partition coefficient (Wildman–Crippen LogP) is 6.26. The van der Waals surface area contributed by atoms with Gasteiger partial charge in [-0.25, -0.2) is 0 Å². The number of anilines is 1. The first-order valence-electron chi connectivity index (χ1n) is 11.1. The zero-order chi connectivity index (χ0) is 24.8. The van der Waals surface area contributed by atoms with E-state index in [1.807, 2.05) is 45.0 Å². The number of benzene rings is 2. The van der Waals surface area contributed by atoms with Gasteiger partial charge < -0.3 is 10.6 Å². The first-order valence-corrected chi connectivity index (χ1v) is 11.1. The molecule has 4 nitrogen and oxygen atoms in total. The fourth-order valence-corrected chi connectivity index (χ4v) is 4.80. The molecule has 0 saturated heterocycles. The van der Waals surface area contributed by atoms with Crippen LogP contribution in [-0.2, 0) is 15.8 Å². The Kier molecular flexibility index (Phi) is 5.92. The van der Waals surface area contributed by atoms with Crippen LogP contribution >= 0.6 is 0 Å². The summed E-state index contributed by atoms with van der Waals surface area (Å²) >= 11 is 0. The Labute approximate surface area is 196 Å². The second kappa shape index (κ2) is 8.46. The van der Waals surface area contributed by atoms with E-state index >= 15 is 0 Å². The number of hydrogen-bond acceptors (Lipinski definition) is 3. The molecule has 1 atom stereocenters. The second-order valence-electron chi connectivity index (χ2n) is 9.87. The number of amides is 1. The molecule has 1 aliphatic heterocycles. The maximum atomic E-state index is 13.5. The third kappa shape index (κ3) is 4.65. The lowest BCUT2D eigenvalue weighted by Crippen LogP contribution is -2.39. The van der Waals surface area contributed by atoms with Crippen LogP contribution in [0.25, 0.3) is 0 Å². The van der Waals surface area contributed by atoms with Crippen LogP contribution in [0.3, 0.4) is 0 Å².